The van der Waals surface area contributed by atoms with Crippen molar-refractivity contribution in [1.82, 2.24) is 9.80 Å². The Balaban J connectivity index is 1.12. The van der Waals surface area contributed by atoms with Gasteiger partial charge in [0.25, 0.3) is 11.8 Å². The Labute approximate surface area is 201 Å². The number of nitrogens with zero attached hydrogens (tertiary/aromatic N) is 3. The van der Waals surface area contributed by atoms with E-state index in [-0.39, 0.29) is 11.8 Å². The number of piperidine rings is 1. The molecule has 3 aromatic carbocycles. The van der Waals surface area contributed by atoms with E-state index in [1.54, 1.807) is 12.1 Å². The van der Waals surface area contributed by atoms with E-state index in [4.69, 9.17) is 0 Å². The molecule has 34 heavy (non-hydrogen) atoms. The van der Waals surface area contributed by atoms with Crippen molar-refractivity contribution in [3.05, 3.63) is 96.1 Å². The molecule has 0 bridgehead atoms. The Bertz CT molecular complexity index is 1050. The predicted molar refractivity (Wildman–Crippen MR) is 135 cm³/mol. The van der Waals surface area contributed by atoms with Gasteiger partial charge in [0.1, 0.15) is 0 Å². The Kier molecular flexibility index (Phi) is 6.72. The predicted octanol–water partition coefficient (Wildman–Crippen LogP) is 5.22. The smallest absolute Gasteiger partial charge is 0.261 e. The normalized spacial score (nSPS) is 16.6. The Morgan fingerprint density at radius 1 is 0.676 bits per heavy atom. The van der Waals surface area contributed by atoms with Crippen LogP contribution in [0.1, 0.15) is 40.0 Å². The van der Waals surface area contributed by atoms with Crippen molar-refractivity contribution < 1.29 is 9.59 Å². The summed E-state index contributed by atoms with van der Waals surface area (Å²) in [6.07, 6.45) is 3.13. The van der Waals surface area contributed by atoms with Crippen LogP contribution in [0.3, 0.4) is 0 Å². The molecule has 0 spiro atoms. The molecule has 5 nitrogen and oxygen atoms in total. The molecule has 5 heteroatoms. The van der Waals surface area contributed by atoms with Gasteiger partial charge in [-0.2, -0.15) is 0 Å². The molecule has 0 aromatic heterocycles. The molecule has 2 amide bonds. The number of benzene rings is 3. The Morgan fingerprint density at radius 2 is 1.18 bits per heavy atom. The fourth-order valence-electron chi connectivity index (χ4n) is 5.12. The van der Waals surface area contributed by atoms with E-state index in [1.165, 1.54) is 16.3 Å². The summed E-state index contributed by atoms with van der Waals surface area (Å²) in [5.74, 6) is 0.329. The minimum Gasteiger partial charge on any atom is -0.341 e. The zero-order valence-electron chi connectivity index (χ0n) is 19.5. The molecular weight excluding hydrogens is 422 g/mol. The minimum atomic E-state index is -0.152. The number of amides is 2. The van der Waals surface area contributed by atoms with Gasteiger partial charge in [0.05, 0.1) is 11.1 Å². The number of hydrogen-bond acceptors (Lipinski definition) is 4. The second kappa shape index (κ2) is 10.2. The summed E-state index contributed by atoms with van der Waals surface area (Å²) in [4.78, 5) is 31.4. The van der Waals surface area contributed by atoms with Crippen LogP contribution >= 0.6 is 0 Å². The summed E-state index contributed by atoms with van der Waals surface area (Å²) >= 11 is 0. The first-order chi connectivity index (χ1) is 16.7. The monoisotopic (exact) mass is 453 g/mol. The van der Waals surface area contributed by atoms with Crippen molar-refractivity contribution in [2.75, 3.05) is 37.6 Å². The lowest BCUT2D eigenvalue weighted by molar-refractivity contribution is 0.0644. The van der Waals surface area contributed by atoms with E-state index >= 15 is 0 Å². The average molecular weight is 454 g/mol. The molecule has 2 aliphatic heterocycles. The molecule has 0 atom stereocenters. The quantitative estimate of drug-likeness (QED) is 0.439. The lowest BCUT2D eigenvalue weighted by Gasteiger charge is -2.36. The molecule has 0 radical (unpaired) electrons. The van der Waals surface area contributed by atoms with Crippen molar-refractivity contribution in [2.24, 2.45) is 5.92 Å². The third kappa shape index (κ3) is 4.75. The van der Waals surface area contributed by atoms with Gasteiger partial charge in [-0.1, -0.05) is 48.5 Å². The topological polar surface area (TPSA) is 43.9 Å². The van der Waals surface area contributed by atoms with E-state index in [9.17, 15) is 9.59 Å². The van der Waals surface area contributed by atoms with Gasteiger partial charge >= 0.3 is 0 Å². The number of hydrogen-bond donors (Lipinski definition) is 0. The van der Waals surface area contributed by atoms with Crippen LogP contribution in [-0.4, -0.2) is 54.3 Å². The number of likely N-dealkylation sites (tertiary alicyclic amines) is 1. The number of rotatable bonds is 8. The summed E-state index contributed by atoms with van der Waals surface area (Å²) < 4.78 is 0. The summed E-state index contributed by atoms with van der Waals surface area (Å²) in [5.41, 5.74) is 3.54. The van der Waals surface area contributed by atoms with Gasteiger partial charge in [-0.05, 0) is 81.2 Å². The number of carbonyl (C=O) groups is 2. The molecule has 3 aromatic rings. The number of carbonyl (C=O) groups excluding carboxylic acids is 2. The van der Waals surface area contributed by atoms with E-state index in [0.29, 0.717) is 23.6 Å². The molecule has 1 saturated heterocycles. The Morgan fingerprint density at radius 3 is 1.71 bits per heavy atom. The summed E-state index contributed by atoms with van der Waals surface area (Å²) in [6, 6.07) is 28.4. The van der Waals surface area contributed by atoms with Crippen LogP contribution in [0.2, 0.25) is 0 Å². The second-order valence-corrected chi connectivity index (χ2v) is 9.23. The maximum atomic E-state index is 12.6. The van der Waals surface area contributed by atoms with Crippen molar-refractivity contribution in [3.8, 4) is 0 Å². The van der Waals surface area contributed by atoms with Crippen molar-refractivity contribution in [2.45, 2.75) is 19.3 Å². The highest BCUT2D eigenvalue weighted by Crippen LogP contribution is 2.29. The third-order valence-electron chi connectivity index (χ3n) is 7.02. The van der Waals surface area contributed by atoms with Crippen LogP contribution in [0.15, 0.2) is 84.9 Å². The molecule has 174 valence electrons. The van der Waals surface area contributed by atoms with Crippen LogP contribution in [-0.2, 0) is 0 Å². The van der Waals surface area contributed by atoms with Crippen molar-refractivity contribution in [1.29, 1.82) is 0 Å². The lowest BCUT2D eigenvalue weighted by atomic mass is 9.95. The molecular formula is C29H31N3O2. The summed E-state index contributed by atoms with van der Waals surface area (Å²) in [5, 5.41) is 0. The minimum absolute atomic E-state index is 0.152. The zero-order chi connectivity index (χ0) is 23.3. The standard InChI is InChI=1S/C29H31N3O2/c33-28-26-14-7-8-15-27(26)29(34)31(28)19-9-18-30-20-16-23(17-21-30)22-32(24-10-3-1-4-11-24)25-12-5-2-6-13-25/h1-8,10-15,23H,9,16-22H2. The molecule has 2 aliphatic rings. The van der Waals surface area contributed by atoms with Crippen molar-refractivity contribution in [3.63, 3.8) is 0 Å². The lowest BCUT2D eigenvalue weighted by Crippen LogP contribution is -2.39. The van der Waals surface area contributed by atoms with Crippen molar-refractivity contribution >= 4 is 23.2 Å². The molecule has 5 rings (SSSR count). The summed E-state index contributed by atoms with van der Waals surface area (Å²) in [6.45, 7) is 4.54. The van der Waals surface area contributed by atoms with E-state index in [1.807, 2.05) is 12.1 Å². The molecule has 0 aliphatic carbocycles. The zero-order valence-corrected chi connectivity index (χ0v) is 19.5. The first-order valence-corrected chi connectivity index (χ1v) is 12.3. The average Bonchev–Trinajstić information content (AvgIpc) is 3.14. The first kappa shape index (κ1) is 22.4. The van der Waals surface area contributed by atoms with Gasteiger partial charge in [-0.25, -0.2) is 0 Å². The number of imide groups is 1. The molecule has 0 saturated carbocycles. The number of para-hydroxylation sites is 2. The maximum Gasteiger partial charge on any atom is 0.261 e. The van der Waals surface area contributed by atoms with Gasteiger partial charge in [-0.3, -0.25) is 14.5 Å². The highest BCUT2D eigenvalue weighted by Gasteiger charge is 2.34. The largest absolute Gasteiger partial charge is 0.341 e. The third-order valence-corrected chi connectivity index (χ3v) is 7.02. The van der Waals surface area contributed by atoms with Crippen LogP contribution in [0.4, 0.5) is 11.4 Å². The summed E-state index contributed by atoms with van der Waals surface area (Å²) in [7, 11) is 0. The fourth-order valence-corrected chi connectivity index (χ4v) is 5.12. The van der Waals surface area contributed by atoms with E-state index in [0.717, 1.165) is 45.4 Å². The van der Waals surface area contributed by atoms with Gasteiger partial charge in [-0.15, -0.1) is 0 Å². The molecule has 1 fully saturated rings. The highest BCUT2D eigenvalue weighted by molar-refractivity contribution is 6.21. The van der Waals surface area contributed by atoms with Crippen LogP contribution in [0, 0.1) is 5.92 Å². The SMILES string of the molecule is O=C1c2ccccc2C(=O)N1CCCN1CCC(CN(c2ccccc2)c2ccccc2)CC1. The van der Waals surface area contributed by atoms with Crippen LogP contribution in [0.25, 0.3) is 0 Å². The number of fused-ring (bicyclic) bond motifs is 1. The van der Waals surface area contributed by atoms with Gasteiger partial charge in [0, 0.05) is 24.5 Å². The second-order valence-electron chi connectivity index (χ2n) is 9.23. The number of anilines is 2. The molecule has 0 N–H and O–H groups in total. The van der Waals surface area contributed by atoms with Gasteiger partial charge in [0.2, 0.25) is 0 Å². The highest BCUT2D eigenvalue weighted by atomic mass is 16.2. The Hall–Kier alpha value is -3.44. The van der Waals surface area contributed by atoms with Gasteiger partial charge in [0.15, 0.2) is 0 Å². The van der Waals surface area contributed by atoms with E-state index < -0.39 is 0 Å². The van der Waals surface area contributed by atoms with Gasteiger partial charge < -0.3 is 9.80 Å². The molecule has 2 heterocycles. The maximum absolute atomic E-state index is 12.6. The van der Waals surface area contributed by atoms with E-state index in [2.05, 4.69) is 70.5 Å². The molecule has 0 unspecified atom stereocenters. The van der Waals surface area contributed by atoms with Crippen LogP contribution in [0.5, 0.6) is 0 Å². The fraction of sp³-hybridized carbons (Fsp3) is 0.310. The first-order valence-electron chi connectivity index (χ1n) is 12.3. The van der Waals surface area contributed by atoms with Crippen LogP contribution < -0.4 is 4.90 Å².